The number of H-pyrrole nitrogens is 2. The summed E-state index contributed by atoms with van der Waals surface area (Å²) in [7, 11) is 0. The van der Waals surface area contributed by atoms with Gasteiger partial charge in [0.2, 0.25) is 0 Å². The minimum absolute atomic E-state index is 0.0470. The second-order valence-corrected chi connectivity index (χ2v) is 8.37. The number of likely N-dealkylation sites (tertiary alicyclic amines) is 1. The molecule has 34 heavy (non-hydrogen) atoms. The zero-order valence-corrected chi connectivity index (χ0v) is 19.9. The van der Waals surface area contributed by atoms with Gasteiger partial charge in [0.1, 0.15) is 17.4 Å². The topological polar surface area (TPSA) is 114 Å². The van der Waals surface area contributed by atoms with Gasteiger partial charge in [-0.1, -0.05) is 17.7 Å². The summed E-state index contributed by atoms with van der Waals surface area (Å²) in [4.78, 5) is 13.9. The lowest BCUT2D eigenvalue weighted by Crippen LogP contribution is -2.29. The number of ether oxygens (including phenoxy) is 1. The van der Waals surface area contributed by atoms with E-state index in [2.05, 4.69) is 37.2 Å². The quantitative estimate of drug-likeness (QED) is 0.282. The first kappa shape index (κ1) is 23.6. The number of aromatic nitrogens is 3. The van der Waals surface area contributed by atoms with Gasteiger partial charge in [-0.3, -0.25) is 5.10 Å². The van der Waals surface area contributed by atoms with Crippen LogP contribution in [-0.2, 0) is 0 Å². The Hall–Kier alpha value is -3.56. The number of aromatic amines is 2. The Bertz CT molecular complexity index is 1260. The number of halogens is 1. The molecule has 0 radical (unpaired) electrons. The average Bonchev–Trinajstić information content (AvgIpc) is 3.54. The number of allylic oxidation sites excluding steroid dienone is 1. The van der Waals surface area contributed by atoms with Gasteiger partial charge in [0.25, 0.3) is 0 Å². The second kappa shape index (κ2) is 10.6. The summed E-state index contributed by atoms with van der Waals surface area (Å²) in [5.41, 5.74) is 2.85. The molecule has 3 aromatic rings. The molecule has 3 heterocycles. The maximum absolute atomic E-state index is 10.0. The lowest BCUT2D eigenvalue weighted by molar-refractivity contribution is 0.188. The molecule has 0 bridgehead atoms. The van der Waals surface area contributed by atoms with Crippen molar-refractivity contribution in [2.24, 2.45) is 9.98 Å². The molecular weight excluding hydrogens is 454 g/mol. The standard InChI is InChI=1S/C24H28ClN7O2/c1-4-5-16-11-22(31-30-16)29-21(26-3)12-23(32-9-8-17(33)13-32)27-14-34-20-7-6-19-18(24(20)25)10-15(2)28-19/h4-7,10-12,17,28,33H,3,8-9,13-14H2,1-2H3,(H2,29,30,31)/b5-4+,21-12+,27-23+. The molecule has 10 heteroatoms. The molecular formula is C24H28ClN7O2. The fourth-order valence-corrected chi connectivity index (χ4v) is 4.07. The van der Waals surface area contributed by atoms with Crippen LogP contribution in [0.4, 0.5) is 5.82 Å². The van der Waals surface area contributed by atoms with Gasteiger partial charge in [-0.15, -0.1) is 0 Å². The predicted octanol–water partition coefficient (Wildman–Crippen LogP) is 4.34. The van der Waals surface area contributed by atoms with Crippen LogP contribution in [-0.4, -0.2) is 63.7 Å². The number of nitrogens with zero attached hydrogens (tertiary/aromatic N) is 4. The van der Waals surface area contributed by atoms with Gasteiger partial charge < -0.3 is 25.0 Å². The first-order valence-electron chi connectivity index (χ1n) is 11.0. The Morgan fingerprint density at radius 3 is 3.03 bits per heavy atom. The highest BCUT2D eigenvalue weighted by molar-refractivity contribution is 6.37. The summed E-state index contributed by atoms with van der Waals surface area (Å²) in [6.45, 7) is 8.77. The summed E-state index contributed by atoms with van der Waals surface area (Å²) in [6, 6.07) is 7.60. The molecule has 1 aliphatic heterocycles. The minimum atomic E-state index is -0.406. The molecule has 1 fully saturated rings. The highest BCUT2D eigenvalue weighted by atomic mass is 35.5. The zero-order valence-electron chi connectivity index (χ0n) is 19.2. The van der Waals surface area contributed by atoms with Crippen LogP contribution in [0.3, 0.4) is 0 Å². The summed E-state index contributed by atoms with van der Waals surface area (Å²) >= 11 is 6.54. The molecule has 2 aromatic heterocycles. The average molecular weight is 482 g/mol. The summed E-state index contributed by atoms with van der Waals surface area (Å²) in [5.74, 6) is 2.24. The van der Waals surface area contributed by atoms with Crippen LogP contribution in [0, 0.1) is 6.92 Å². The van der Waals surface area contributed by atoms with Gasteiger partial charge in [0.15, 0.2) is 12.5 Å². The Morgan fingerprint density at radius 2 is 2.29 bits per heavy atom. The van der Waals surface area contributed by atoms with Crippen LogP contribution in [0.25, 0.3) is 17.0 Å². The van der Waals surface area contributed by atoms with Crippen LogP contribution in [0.5, 0.6) is 5.75 Å². The van der Waals surface area contributed by atoms with Gasteiger partial charge in [0, 0.05) is 41.8 Å². The molecule has 1 unspecified atom stereocenters. The van der Waals surface area contributed by atoms with Gasteiger partial charge in [-0.25, -0.2) is 9.98 Å². The van der Waals surface area contributed by atoms with E-state index < -0.39 is 6.10 Å². The number of aliphatic hydroxyl groups is 1. The van der Waals surface area contributed by atoms with Crippen LogP contribution in [0.15, 0.2) is 52.2 Å². The fourth-order valence-electron chi connectivity index (χ4n) is 3.79. The molecule has 1 saturated heterocycles. The first-order valence-corrected chi connectivity index (χ1v) is 11.4. The number of nitrogens with one attached hydrogen (secondary N) is 3. The minimum Gasteiger partial charge on any atom is -0.470 e. The lowest BCUT2D eigenvalue weighted by atomic mass is 10.2. The molecule has 0 spiro atoms. The lowest BCUT2D eigenvalue weighted by Gasteiger charge is -2.19. The van der Waals surface area contributed by atoms with Gasteiger partial charge in [-0.05, 0) is 51.3 Å². The van der Waals surface area contributed by atoms with Crippen LogP contribution < -0.4 is 10.1 Å². The number of amidine groups is 1. The van der Waals surface area contributed by atoms with E-state index >= 15 is 0 Å². The number of hydrogen-bond acceptors (Lipinski definition) is 6. The van der Waals surface area contributed by atoms with Gasteiger partial charge in [0.05, 0.1) is 16.8 Å². The Balaban J connectivity index is 1.54. The van der Waals surface area contributed by atoms with Crippen molar-refractivity contribution >= 4 is 47.0 Å². The molecule has 0 saturated carbocycles. The summed E-state index contributed by atoms with van der Waals surface area (Å²) < 4.78 is 5.89. The number of anilines is 1. The Morgan fingerprint density at radius 1 is 1.44 bits per heavy atom. The van der Waals surface area contributed by atoms with Gasteiger partial charge >= 0.3 is 0 Å². The maximum Gasteiger partial charge on any atom is 0.181 e. The van der Waals surface area contributed by atoms with Crippen molar-refractivity contribution in [1.82, 2.24) is 20.1 Å². The van der Waals surface area contributed by atoms with Crippen molar-refractivity contribution in [2.75, 3.05) is 25.1 Å². The molecule has 1 aromatic carbocycles. The third-order valence-corrected chi connectivity index (χ3v) is 5.80. The van der Waals surface area contributed by atoms with E-state index in [1.807, 2.05) is 55.2 Å². The molecule has 0 aliphatic carbocycles. The number of aliphatic hydroxyl groups excluding tert-OH is 1. The van der Waals surface area contributed by atoms with E-state index in [0.29, 0.717) is 47.8 Å². The largest absolute Gasteiger partial charge is 0.470 e. The van der Waals surface area contributed by atoms with Crippen molar-refractivity contribution in [3.8, 4) is 5.75 Å². The normalized spacial score (nSPS) is 17.2. The summed E-state index contributed by atoms with van der Waals surface area (Å²) in [5, 5.41) is 21.8. The highest BCUT2D eigenvalue weighted by Crippen LogP contribution is 2.33. The monoisotopic (exact) mass is 481 g/mol. The molecule has 0 amide bonds. The maximum atomic E-state index is 10.0. The molecule has 9 nitrogen and oxygen atoms in total. The van der Waals surface area contributed by atoms with E-state index in [0.717, 1.165) is 22.3 Å². The van der Waals surface area contributed by atoms with E-state index in [1.54, 1.807) is 6.08 Å². The van der Waals surface area contributed by atoms with E-state index in [1.165, 1.54) is 0 Å². The molecule has 1 aliphatic rings. The number of fused-ring (bicyclic) bond motifs is 1. The second-order valence-electron chi connectivity index (χ2n) is 7.99. The number of β-amino-alcohol motifs (C(OH)–C–C–N with tert-alkyl or cyclic N) is 1. The molecule has 4 rings (SSSR count). The van der Waals surface area contributed by atoms with Crippen LogP contribution in [0.1, 0.15) is 24.7 Å². The van der Waals surface area contributed by atoms with Crippen molar-refractivity contribution in [3.05, 3.63) is 58.6 Å². The van der Waals surface area contributed by atoms with E-state index in [4.69, 9.17) is 16.3 Å². The van der Waals surface area contributed by atoms with Crippen molar-refractivity contribution < 1.29 is 9.84 Å². The number of benzene rings is 1. The number of rotatable bonds is 8. The SMILES string of the molecule is C=N/C(=C\C(=N/COc1ccc2[nH]c(C)cc2c1Cl)N1CCC(O)C1)Nc1cc(/C=C/C)[nH]n1. The van der Waals surface area contributed by atoms with Crippen molar-refractivity contribution in [1.29, 1.82) is 0 Å². The fraction of sp³-hybridized carbons (Fsp3) is 0.292. The number of hydrogen-bond donors (Lipinski definition) is 4. The molecule has 1 atom stereocenters. The van der Waals surface area contributed by atoms with Crippen LogP contribution >= 0.6 is 11.6 Å². The third-order valence-electron chi connectivity index (χ3n) is 5.41. The third kappa shape index (κ3) is 5.49. The smallest absolute Gasteiger partial charge is 0.181 e. The van der Waals surface area contributed by atoms with E-state index in [-0.39, 0.29) is 6.73 Å². The first-order chi connectivity index (χ1) is 16.5. The molecule has 178 valence electrons. The summed E-state index contributed by atoms with van der Waals surface area (Å²) in [6.07, 6.45) is 5.86. The van der Waals surface area contributed by atoms with Gasteiger partial charge in [-0.2, -0.15) is 5.10 Å². The zero-order chi connectivity index (χ0) is 24.1. The highest BCUT2D eigenvalue weighted by Gasteiger charge is 2.22. The van der Waals surface area contributed by atoms with Crippen LogP contribution in [0.2, 0.25) is 5.02 Å². The van der Waals surface area contributed by atoms with E-state index in [9.17, 15) is 5.11 Å². The number of aliphatic imine (C=N–C) groups is 2. The Kier molecular flexibility index (Phi) is 7.34. The van der Waals surface area contributed by atoms with Crippen molar-refractivity contribution in [3.63, 3.8) is 0 Å². The molecule has 4 N–H and O–H groups in total. The number of aryl methyl sites for hydroxylation is 1. The van der Waals surface area contributed by atoms with Crippen molar-refractivity contribution in [2.45, 2.75) is 26.4 Å². The predicted molar refractivity (Wildman–Crippen MR) is 138 cm³/mol. The Labute approximate surface area is 202 Å².